The van der Waals surface area contributed by atoms with Crippen molar-refractivity contribution in [2.24, 2.45) is 20.5 Å². The molecular formula is C29H36N4O4. The highest BCUT2D eigenvalue weighted by molar-refractivity contribution is 5.67. The van der Waals surface area contributed by atoms with Gasteiger partial charge in [0.25, 0.3) is 0 Å². The van der Waals surface area contributed by atoms with Gasteiger partial charge in [0.05, 0.1) is 27.0 Å². The smallest absolute Gasteiger partial charge is 0.148 e. The third kappa shape index (κ3) is 6.44. The second kappa shape index (κ2) is 12.9. The van der Waals surface area contributed by atoms with E-state index in [1.807, 2.05) is 36.4 Å². The van der Waals surface area contributed by atoms with Crippen molar-refractivity contribution in [3.8, 4) is 23.0 Å². The fourth-order valence-corrected chi connectivity index (χ4v) is 3.87. The Bertz CT molecular complexity index is 1240. The minimum absolute atomic E-state index is 0.195. The first-order valence-corrected chi connectivity index (χ1v) is 12.5. The number of hydrogen-bond acceptors (Lipinski definition) is 8. The Hall–Kier alpha value is -3.94. The first-order chi connectivity index (χ1) is 17.9. The molecule has 8 nitrogen and oxygen atoms in total. The van der Waals surface area contributed by atoms with Gasteiger partial charge < -0.3 is 19.3 Å². The van der Waals surface area contributed by atoms with Crippen molar-refractivity contribution in [2.45, 2.75) is 52.4 Å². The van der Waals surface area contributed by atoms with Gasteiger partial charge >= 0.3 is 0 Å². The molecule has 0 spiro atoms. The normalized spacial score (nSPS) is 13.2. The molecule has 0 aromatic heterocycles. The molecule has 0 aliphatic carbocycles. The molecule has 0 radical (unpaired) electrons. The second-order valence-electron chi connectivity index (χ2n) is 8.86. The summed E-state index contributed by atoms with van der Waals surface area (Å²) in [7, 11) is 4.70. The maximum absolute atomic E-state index is 10.9. The molecule has 1 N–H and O–H groups in total. The van der Waals surface area contributed by atoms with Gasteiger partial charge in [-0.3, -0.25) is 0 Å². The first-order valence-electron chi connectivity index (χ1n) is 12.5. The van der Waals surface area contributed by atoms with Crippen LogP contribution >= 0.6 is 0 Å². The van der Waals surface area contributed by atoms with Crippen molar-refractivity contribution >= 4 is 22.7 Å². The second-order valence-corrected chi connectivity index (χ2v) is 8.86. The van der Waals surface area contributed by atoms with Crippen molar-refractivity contribution < 1.29 is 19.3 Å². The summed E-state index contributed by atoms with van der Waals surface area (Å²) < 4.78 is 16.5. The van der Waals surface area contributed by atoms with Crippen molar-refractivity contribution in [1.82, 2.24) is 0 Å². The van der Waals surface area contributed by atoms with Gasteiger partial charge in [-0.15, -0.1) is 15.3 Å². The third-order valence-electron chi connectivity index (χ3n) is 6.54. The number of aromatic hydroxyl groups is 1. The van der Waals surface area contributed by atoms with E-state index in [0.29, 0.717) is 45.7 Å². The Morgan fingerprint density at radius 1 is 0.649 bits per heavy atom. The van der Waals surface area contributed by atoms with Crippen molar-refractivity contribution in [3.05, 3.63) is 59.7 Å². The summed E-state index contributed by atoms with van der Waals surface area (Å²) in [6.07, 6.45) is 1.81. The van der Waals surface area contributed by atoms with Gasteiger partial charge in [-0.25, -0.2) is 0 Å². The highest BCUT2D eigenvalue weighted by Crippen LogP contribution is 2.43. The summed E-state index contributed by atoms with van der Waals surface area (Å²) in [5, 5.41) is 28.6. The molecule has 0 aliphatic heterocycles. The van der Waals surface area contributed by atoms with Gasteiger partial charge in [0.1, 0.15) is 40.1 Å². The van der Waals surface area contributed by atoms with Crippen molar-refractivity contribution in [1.29, 1.82) is 0 Å². The van der Waals surface area contributed by atoms with E-state index in [4.69, 9.17) is 14.2 Å². The van der Waals surface area contributed by atoms with Crippen molar-refractivity contribution in [3.63, 3.8) is 0 Å². The summed E-state index contributed by atoms with van der Waals surface area (Å²) in [4.78, 5) is 0. The van der Waals surface area contributed by atoms with Gasteiger partial charge in [0.15, 0.2) is 0 Å². The minimum atomic E-state index is 0.195. The number of nitrogens with zero attached hydrogens (tertiary/aromatic N) is 4. The molecule has 196 valence electrons. The van der Waals surface area contributed by atoms with E-state index < -0.39 is 0 Å². The molecule has 0 saturated carbocycles. The Balaban J connectivity index is 2.01. The fraction of sp³-hybridized carbons (Fsp3) is 0.379. The first kappa shape index (κ1) is 27.6. The Labute approximate surface area is 219 Å². The molecule has 0 fully saturated rings. The number of ether oxygens (including phenoxy) is 3. The number of azo groups is 2. The lowest BCUT2D eigenvalue weighted by Gasteiger charge is -2.18. The molecule has 8 heteroatoms. The van der Waals surface area contributed by atoms with Crippen LogP contribution in [-0.2, 0) is 0 Å². The number of para-hydroxylation sites is 1. The molecule has 3 rings (SSSR count). The number of hydrogen-bond donors (Lipinski definition) is 1. The third-order valence-corrected chi connectivity index (χ3v) is 6.54. The number of rotatable bonds is 11. The largest absolute Gasteiger partial charge is 0.507 e. The van der Waals surface area contributed by atoms with Crippen LogP contribution in [0.3, 0.4) is 0 Å². The van der Waals surface area contributed by atoms with Gasteiger partial charge in [-0.05, 0) is 60.1 Å². The molecule has 0 heterocycles. The van der Waals surface area contributed by atoms with Crippen LogP contribution in [0.15, 0.2) is 69.0 Å². The SMILES string of the molecule is CCC(C)c1cc(N=Nc2cc(OC)c(N=Nc3ccccc3OC)cc2OC)cc(C(C)CC)c1O. The molecule has 3 aromatic rings. The molecule has 0 aliphatic rings. The van der Waals surface area contributed by atoms with Crippen LogP contribution in [0.1, 0.15) is 63.5 Å². The zero-order chi connectivity index (χ0) is 26.9. The van der Waals surface area contributed by atoms with E-state index >= 15 is 0 Å². The van der Waals surface area contributed by atoms with E-state index in [-0.39, 0.29) is 11.8 Å². The quantitative estimate of drug-likeness (QED) is 0.263. The Morgan fingerprint density at radius 2 is 1.11 bits per heavy atom. The molecule has 0 saturated heterocycles. The van der Waals surface area contributed by atoms with Gasteiger partial charge in [0.2, 0.25) is 0 Å². The van der Waals surface area contributed by atoms with E-state index in [0.717, 1.165) is 24.0 Å². The van der Waals surface area contributed by atoms with Crippen LogP contribution in [0, 0.1) is 0 Å². The predicted molar refractivity (Wildman–Crippen MR) is 146 cm³/mol. The average molecular weight is 505 g/mol. The lowest BCUT2D eigenvalue weighted by molar-refractivity contribution is 0.405. The highest BCUT2D eigenvalue weighted by atomic mass is 16.5. The Morgan fingerprint density at radius 3 is 1.59 bits per heavy atom. The minimum Gasteiger partial charge on any atom is -0.507 e. The van der Waals surface area contributed by atoms with Crippen LogP contribution in [0.2, 0.25) is 0 Å². The maximum atomic E-state index is 10.9. The van der Waals surface area contributed by atoms with E-state index in [9.17, 15) is 5.11 Å². The van der Waals surface area contributed by atoms with Gasteiger partial charge in [-0.1, -0.05) is 39.8 Å². The van der Waals surface area contributed by atoms with Gasteiger partial charge in [-0.2, -0.15) is 5.11 Å². The summed E-state index contributed by atoms with van der Waals surface area (Å²) in [6, 6.07) is 14.6. The number of benzene rings is 3. The monoisotopic (exact) mass is 504 g/mol. The summed E-state index contributed by atoms with van der Waals surface area (Å²) in [6.45, 7) is 8.40. The van der Waals surface area contributed by atoms with E-state index in [1.165, 1.54) is 0 Å². The zero-order valence-electron chi connectivity index (χ0n) is 22.6. The van der Waals surface area contributed by atoms with Gasteiger partial charge in [0, 0.05) is 12.1 Å². The lowest BCUT2D eigenvalue weighted by atomic mass is 9.89. The maximum Gasteiger partial charge on any atom is 0.148 e. The summed E-state index contributed by atoms with van der Waals surface area (Å²) >= 11 is 0. The predicted octanol–water partition coefficient (Wildman–Crippen LogP) is 9.28. The topological polar surface area (TPSA) is 97.4 Å². The van der Waals surface area contributed by atoms with Crippen LogP contribution in [0.25, 0.3) is 0 Å². The number of methoxy groups -OCH3 is 3. The molecule has 3 aromatic carbocycles. The number of phenolic OH excluding ortho intramolecular Hbond substituents is 1. The van der Waals surface area contributed by atoms with Crippen molar-refractivity contribution in [2.75, 3.05) is 21.3 Å². The van der Waals surface area contributed by atoms with E-state index in [2.05, 4.69) is 48.2 Å². The fourth-order valence-electron chi connectivity index (χ4n) is 3.87. The molecule has 2 atom stereocenters. The van der Waals surface area contributed by atoms with Crippen LogP contribution in [-0.4, -0.2) is 26.4 Å². The summed E-state index contributed by atoms with van der Waals surface area (Å²) in [5.41, 5.74) is 3.99. The highest BCUT2D eigenvalue weighted by Gasteiger charge is 2.18. The molecular weight excluding hydrogens is 468 g/mol. The summed E-state index contributed by atoms with van der Waals surface area (Å²) in [5.74, 6) is 2.30. The van der Waals surface area contributed by atoms with Crippen LogP contribution in [0.4, 0.5) is 22.7 Å². The molecule has 37 heavy (non-hydrogen) atoms. The van der Waals surface area contributed by atoms with E-state index in [1.54, 1.807) is 33.5 Å². The number of phenols is 1. The standard InChI is InChI=1S/C29H36N4O4/c1-8-18(3)21-14-20(15-22(29(21)34)19(4)9-2)30-32-24-16-28(37-7)25(17-27(24)36-6)33-31-23-12-10-11-13-26(23)35-5/h10-19,34H,8-9H2,1-7H3. The van der Waals surface area contributed by atoms with Crippen LogP contribution in [0.5, 0.6) is 23.0 Å². The molecule has 2 unspecified atom stereocenters. The molecule has 0 bridgehead atoms. The lowest BCUT2D eigenvalue weighted by Crippen LogP contribution is -1.98. The average Bonchev–Trinajstić information content (AvgIpc) is 2.94. The molecule has 0 amide bonds. The zero-order valence-corrected chi connectivity index (χ0v) is 22.6. The van der Waals surface area contributed by atoms with Crippen LogP contribution < -0.4 is 14.2 Å². The Kier molecular flexibility index (Phi) is 9.60.